The fourth-order valence-corrected chi connectivity index (χ4v) is 3.97. The Labute approximate surface area is 190 Å². The van der Waals surface area contributed by atoms with Gasteiger partial charge in [-0.2, -0.15) is 0 Å². The number of thioether (sulfide) groups is 1. The third-order valence-corrected chi connectivity index (χ3v) is 5.73. The lowest BCUT2D eigenvalue weighted by atomic mass is 10.1. The topological polar surface area (TPSA) is 79.4 Å². The molecule has 0 aliphatic rings. The first-order valence-electron chi connectivity index (χ1n) is 10.1. The zero-order valence-electron chi connectivity index (χ0n) is 17.9. The molecule has 0 spiro atoms. The molecular weight excluding hydrogens is 426 g/mol. The van der Waals surface area contributed by atoms with Crippen LogP contribution in [0.4, 0.5) is 0 Å². The van der Waals surface area contributed by atoms with Gasteiger partial charge in [-0.1, -0.05) is 23.9 Å². The summed E-state index contributed by atoms with van der Waals surface area (Å²) in [7, 11) is 1.64. The Kier molecular flexibility index (Phi) is 6.91. The van der Waals surface area contributed by atoms with Gasteiger partial charge in [-0.25, -0.2) is 0 Å². The van der Waals surface area contributed by atoms with Crippen LogP contribution in [0.2, 0.25) is 0 Å². The molecule has 2 aromatic carbocycles. The van der Waals surface area contributed by atoms with Crippen LogP contribution in [0.3, 0.4) is 0 Å². The van der Waals surface area contributed by atoms with Gasteiger partial charge in [-0.05, 0) is 55.5 Å². The second kappa shape index (κ2) is 10.2. The van der Waals surface area contributed by atoms with Crippen molar-refractivity contribution in [3.63, 3.8) is 0 Å². The third kappa shape index (κ3) is 5.03. The number of nitrogens with zero attached hydrogens (tertiary/aromatic N) is 3. The van der Waals surface area contributed by atoms with Gasteiger partial charge in [-0.3, -0.25) is 9.36 Å². The Bertz CT molecular complexity index is 1170. The molecule has 0 aliphatic carbocycles. The average Bonchev–Trinajstić information content (AvgIpc) is 3.47. The number of hydrogen-bond donors (Lipinski definition) is 0. The normalized spacial score (nSPS) is 10.8. The second-order valence-electron chi connectivity index (χ2n) is 6.95. The van der Waals surface area contributed by atoms with E-state index in [0.717, 1.165) is 28.1 Å². The highest BCUT2D eigenvalue weighted by Gasteiger charge is 2.16. The average molecular weight is 450 g/mol. The second-order valence-corrected chi connectivity index (χ2v) is 8.01. The van der Waals surface area contributed by atoms with Crippen LogP contribution in [0.15, 0.2) is 76.5 Å². The zero-order valence-corrected chi connectivity index (χ0v) is 18.7. The largest absolute Gasteiger partial charge is 0.497 e. The van der Waals surface area contributed by atoms with E-state index in [4.69, 9.17) is 13.9 Å². The van der Waals surface area contributed by atoms with Gasteiger partial charge in [0.1, 0.15) is 17.3 Å². The molecule has 0 radical (unpaired) electrons. The summed E-state index contributed by atoms with van der Waals surface area (Å²) >= 11 is 1.54. The Balaban J connectivity index is 1.49. The Morgan fingerprint density at radius 2 is 1.88 bits per heavy atom. The molecule has 0 atom stereocenters. The molecule has 0 saturated carbocycles. The minimum absolute atomic E-state index is 0.0180. The third-order valence-electron chi connectivity index (χ3n) is 4.80. The molecule has 164 valence electrons. The number of hydrogen-bond acceptors (Lipinski definition) is 7. The van der Waals surface area contributed by atoms with Crippen molar-refractivity contribution in [3.8, 4) is 22.9 Å². The van der Waals surface area contributed by atoms with Gasteiger partial charge in [-0.15, -0.1) is 10.2 Å². The van der Waals surface area contributed by atoms with E-state index in [2.05, 4.69) is 10.2 Å². The number of rotatable bonds is 10. The Morgan fingerprint density at radius 1 is 1.06 bits per heavy atom. The van der Waals surface area contributed by atoms with Gasteiger partial charge in [0.15, 0.2) is 16.8 Å². The molecule has 32 heavy (non-hydrogen) atoms. The van der Waals surface area contributed by atoms with E-state index in [1.54, 1.807) is 19.4 Å². The number of carbonyl (C=O) groups excluding carboxylic acids is 1. The number of furan rings is 1. The molecular formula is C24H23N3O4S. The molecule has 8 heteroatoms. The van der Waals surface area contributed by atoms with Crippen LogP contribution in [-0.4, -0.2) is 40.0 Å². The fraction of sp³-hybridized carbons (Fsp3) is 0.208. The summed E-state index contributed by atoms with van der Waals surface area (Å²) in [5.74, 6) is 3.56. The fourth-order valence-electron chi connectivity index (χ4n) is 3.22. The molecule has 0 bridgehead atoms. The van der Waals surface area contributed by atoms with E-state index in [9.17, 15) is 4.79 Å². The smallest absolute Gasteiger partial charge is 0.192 e. The number of methoxy groups -OCH3 is 1. The Morgan fingerprint density at radius 3 is 2.59 bits per heavy atom. The first kappa shape index (κ1) is 21.7. The number of Topliss-reactive ketones (excluding diaryl/α,β-unsaturated/α-hetero) is 1. The van der Waals surface area contributed by atoms with Gasteiger partial charge in [0.25, 0.3) is 0 Å². The van der Waals surface area contributed by atoms with Gasteiger partial charge < -0.3 is 13.9 Å². The van der Waals surface area contributed by atoms with Crippen molar-refractivity contribution in [2.75, 3.05) is 19.5 Å². The molecule has 0 unspecified atom stereocenters. The van der Waals surface area contributed by atoms with Gasteiger partial charge in [0.05, 0.1) is 32.1 Å². The van der Waals surface area contributed by atoms with Crippen molar-refractivity contribution in [3.05, 3.63) is 78.3 Å². The molecule has 0 aliphatic heterocycles. The lowest BCUT2D eigenvalue weighted by Crippen LogP contribution is -2.07. The molecule has 2 aromatic heterocycles. The summed E-state index contributed by atoms with van der Waals surface area (Å²) in [5.41, 5.74) is 1.52. The standard InChI is InChI=1S/C24H23N3O4S/c1-17(28)21-7-3-4-8-22(21)31-14-15-32-24-26-25-23(18-9-11-19(29-2)12-10-18)27(24)16-20-6-5-13-30-20/h3-13H,14-16H2,1-2H3. The minimum atomic E-state index is -0.0180. The number of carbonyl (C=O) groups is 1. The molecule has 4 aromatic rings. The first-order chi connectivity index (χ1) is 15.7. The highest BCUT2D eigenvalue weighted by molar-refractivity contribution is 7.99. The number of benzene rings is 2. The van der Waals surface area contributed by atoms with Crippen molar-refractivity contribution in [1.29, 1.82) is 0 Å². The van der Waals surface area contributed by atoms with Crippen LogP contribution < -0.4 is 9.47 Å². The number of para-hydroxylation sites is 1. The molecule has 2 heterocycles. The van der Waals surface area contributed by atoms with Crippen molar-refractivity contribution < 1.29 is 18.7 Å². The van der Waals surface area contributed by atoms with Crippen LogP contribution in [0.1, 0.15) is 23.0 Å². The predicted molar refractivity (Wildman–Crippen MR) is 122 cm³/mol. The van der Waals surface area contributed by atoms with Crippen molar-refractivity contribution >= 4 is 17.5 Å². The van der Waals surface area contributed by atoms with Crippen LogP contribution in [0, 0.1) is 0 Å². The minimum Gasteiger partial charge on any atom is -0.497 e. The lowest BCUT2D eigenvalue weighted by molar-refractivity contribution is 0.101. The summed E-state index contributed by atoms with van der Waals surface area (Å²) in [6, 6.07) is 18.8. The number of aromatic nitrogens is 3. The quantitative estimate of drug-likeness (QED) is 0.192. The highest BCUT2D eigenvalue weighted by Crippen LogP contribution is 2.27. The van der Waals surface area contributed by atoms with Gasteiger partial charge in [0.2, 0.25) is 0 Å². The molecule has 0 N–H and O–H groups in total. The van der Waals surface area contributed by atoms with Gasteiger partial charge >= 0.3 is 0 Å². The summed E-state index contributed by atoms with van der Waals surface area (Å²) in [5, 5.41) is 9.58. The van der Waals surface area contributed by atoms with Crippen molar-refractivity contribution in [1.82, 2.24) is 14.8 Å². The van der Waals surface area contributed by atoms with Crippen LogP contribution in [-0.2, 0) is 6.54 Å². The van der Waals surface area contributed by atoms with Crippen molar-refractivity contribution in [2.45, 2.75) is 18.6 Å². The van der Waals surface area contributed by atoms with E-state index in [0.29, 0.717) is 30.2 Å². The summed E-state index contributed by atoms with van der Waals surface area (Å²) in [4.78, 5) is 11.8. The van der Waals surface area contributed by atoms with Crippen molar-refractivity contribution in [2.24, 2.45) is 0 Å². The number of ketones is 1. The lowest BCUT2D eigenvalue weighted by Gasteiger charge is -2.11. The summed E-state index contributed by atoms with van der Waals surface area (Å²) in [6.45, 7) is 2.48. The van der Waals surface area contributed by atoms with E-state index >= 15 is 0 Å². The van der Waals surface area contributed by atoms with E-state index in [1.807, 2.05) is 59.2 Å². The van der Waals surface area contributed by atoms with Crippen LogP contribution in [0.25, 0.3) is 11.4 Å². The molecule has 0 saturated heterocycles. The maximum atomic E-state index is 11.8. The molecule has 0 fully saturated rings. The van der Waals surface area contributed by atoms with Gasteiger partial charge in [0, 0.05) is 11.3 Å². The maximum Gasteiger partial charge on any atom is 0.192 e. The van der Waals surface area contributed by atoms with E-state index < -0.39 is 0 Å². The molecule has 0 amide bonds. The summed E-state index contributed by atoms with van der Waals surface area (Å²) in [6.07, 6.45) is 1.65. The molecule has 4 rings (SSSR count). The first-order valence-corrected chi connectivity index (χ1v) is 11.1. The Hall–Kier alpha value is -3.52. The monoisotopic (exact) mass is 449 g/mol. The van der Waals surface area contributed by atoms with Crippen LogP contribution in [0.5, 0.6) is 11.5 Å². The zero-order chi connectivity index (χ0) is 22.3. The van der Waals surface area contributed by atoms with E-state index in [1.165, 1.54) is 18.7 Å². The highest BCUT2D eigenvalue weighted by atomic mass is 32.2. The van der Waals surface area contributed by atoms with Crippen LogP contribution >= 0.6 is 11.8 Å². The predicted octanol–water partition coefficient (Wildman–Crippen LogP) is 4.97. The van der Waals surface area contributed by atoms with E-state index in [-0.39, 0.29) is 5.78 Å². The SMILES string of the molecule is COc1ccc(-c2nnc(SCCOc3ccccc3C(C)=O)n2Cc2ccco2)cc1. The molecule has 7 nitrogen and oxygen atoms in total. The summed E-state index contributed by atoms with van der Waals surface area (Å²) < 4.78 is 18.7. The number of ether oxygens (including phenoxy) is 2. The maximum absolute atomic E-state index is 11.8.